The summed E-state index contributed by atoms with van der Waals surface area (Å²) >= 11 is 0. The Morgan fingerprint density at radius 1 is 1.14 bits per heavy atom. The third-order valence-corrected chi connectivity index (χ3v) is 8.13. The molecule has 1 saturated carbocycles. The van der Waals surface area contributed by atoms with Crippen molar-refractivity contribution < 1.29 is 37.4 Å². The predicted octanol–water partition coefficient (Wildman–Crippen LogP) is 5.84. The summed E-state index contributed by atoms with van der Waals surface area (Å²) < 4.78 is 42.8. The van der Waals surface area contributed by atoms with Gasteiger partial charge in [0.25, 0.3) is 11.8 Å². The molecule has 2 aliphatic rings. The van der Waals surface area contributed by atoms with Crippen molar-refractivity contribution >= 4 is 23.8 Å². The minimum atomic E-state index is -4.86. The van der Waals surface area contributed by atoms with E-state index in [4.69, 9.17) is 10.1 Å². The monoisotopic (exact) mass is 603 g/mol. The minimum absolute atomic E-state index is 0.0958. The van der Waals surface area contributed by atoms with Gasteiger partial charge in [0.1, 0.15) is 23.4 Å². The van der Waals surface area contributed by atoms with E-state index in [2.05, 4.69) is 30.8 Å². The molecule has 2 aromatic rings. The Labute approximate surface area is 250 Å². The van der Waals surface area contributed by atoms with Crippen molar-refractivity contribution in [1.29, 1.82) is 0 Å². The fraction of sp³-hybridized carbons (Fsp3) is 0.500. The predicted molar refractivity (Wildman–Crippen MR) is 157 cm³/mol. The zero-order valence-electron chi connectivity index (χ0n) is 25.2. The fourth-order valence-corrected chi connectivity index (χ4v) is 5.89. The molecule has 1 spiro atoms. The molecule has 1 aliphatic carbocycles. The van der Waals surface area contributed by atoms with E-state index >= 15 is 0 Å². The summed E-state index contributed by atoms with van der Waals surface area (Å²) in [6.45, 7) is 8.75. The van der Waals surface area contributed by atoms with E-state index in [0.717, 1.165) is 31.8 Å². The molecule has 0 radical (unpaired) electrons. The Kier molecular flexibility index (Phi) is 10.8. The molecule has 234 valence electrons. The Morgan fingerprint density at radius 2 is 1.77 bits per heavy atom. The Bertz CT molecular complexity index is 1310. The van der Waals surface area contributed by atoms with Crippen molar-refractivity contribution in [3.63, 3.8) is 0 Å². The highest BCUT2D eigenvalue weighted by Gasteiger charge is 2.52. The number of nitrogens with one attached hydrogen (secondary N) is 1. The van der Waals surface area contributed by atoms with Crippen LogP contribution < -0.4 is 10.1 Å². The normalized spacial score (nSPS) is 21.0. The van der Waals surface area contributed by atoms with Gasteiger partial charge in [-0.3, -0.25) is 14.6 Å². The molecule has 1 unspecified atom stereocenters. The number of benzene rings is 2. The minimum Gasteiger partial charge on any atom is -0.406 e. The summed E-state index contributed by atoms with van der Waals surface area (Å²) in [6, 6.07) is 11.9. The van der Waals surface area contributed by atoms with Gasteiger partial charge in [0, 0.05) is 31.2 Å². The highest BCUT2D eigenvalue weighted by molar-refractivity contribution is 6.46. The maximum atomic E-state index is 14.0. The number of rotatable bonds is 8. The van der Waals surface area contributed by atoms with E-state index in [0.29, 0.717) is 24.3 Å². The molecule has 0 aromatic heterocycles. The summed E-state index contributed by atoms with van der Waals surface area (Å²) in [4.78, 5) is 43.7. The SMILES string of the molecule is CC(c1ccc(C(=O)NCCC=O)cc1)N1C(=O)C(c2cccc(OC(F)(F)F)c2)=NC12CCC(C(C)(C)C)CC2.CO. The van der Waals surface area contributed by atoms with Crippen LogP contribution >= 0.6 is 0 Å². The molecular formula is C32H40F3N3O5. The summed E-state index contributed by atoms with van der Waals surface area (Å²) in [6.07, 6.45) is -0.927. The maximum Gasteiger partial charge on any atom is 0.573 e. The van der Waals surface area contributed by atoms with Crippen molar-refractivity contribution in [2.45, 2.75) is 77.9 Å². The molecule has 11 heteroatoms. The third kappa shape index (κ3) is 8.01. The molecule has 8 nitrogen and oxygen atoms in total. The molecular weight excluding hydrogens is 563 g/mol. The third-order valence-electron chi connectivity index (χ3n) is 8.13. The van der Waals surface area contributed by atoms with Crippen molar-refractivity contribution in [2.75, 3.05) is 13.7 Å². The van der Waals surface area contributed by atoms with Crippen LogP contribution in [0, 0.1) is 11.3 Å². The maximum absolute atomic E-state index is 14.0. The standard InChI is InChI=1S/C31H36F3N3O4.CH4O/c1-20(21-9-11-22(12-10-21)27(39)35-17-6-18-38)37-28(40)26(23-7-5-8-25(19-23)41-31(32,33)34)36-30(37)15-13-24(14-16-30)29(2,3)4;1-2/h5,7-12,18-20,24H,6,13-17H2,1-4H3,(H,35,39);2H,1H3. The molecule has 43 heavy (non-hydrogen) atoms. The van der Waals surface area contributed by atoms with Crippen LogP contribution in [-0.4, -0.2) is 59.5 Å². The van der Waals surface area contributed by atoms with Crippen molar-refractivity contribution in [1.82, 2.24) is 10.2 Å². The second-order valence-corrected chi connectivity index (χ2v) is 11.8. The first-order chi connectivity index (χ1) is 20.2. The van der Waals surface area contributed by atoms with Crippen LogP contribution in [0.25, 0.3) is 0 Å². The van der Waals surface area contributed by atoms with Crippen LogP contribution in [0.3, 0.4) is 0 Å². The number of alkyl halides is 3. The Balaban J connectivity index is 0.00000248. The van der Waals surface area contributed by atoms with Gasteiger partial charge >= 0.3 is 6.36 Å². The van der Waals surface area contributed by atoms with E-state index in [1.165, 1.54) is 18.2 Å². The van der Waals surface area contributed by atoms with Gasteiger partial charge in [0.2, 0.25) is 0 Å². The number of aliphatic hydroxyl groups is 1. The van der Waals surface area contributed by atoms with Gasteiger partial charge < -0.3 is 24.9 Å². The summed E-state index contributed by atoms with van der Waals surface area (Å²) in [5, 5.41) is 9.68. The van der Waals surface area contributed by atoms with Crippen LogP contribution in [0.4, 0.5) is 13.2 Å². The van der Waals surface area contributed by atoms with Crippen molar-refractivity contribution in [3.05, 3.63) is 65.2 Å². The van der Waals surface area contributed by atoms with Crippen LogP contribution in [-0.2, 0) is 9.59 Å². The first kappa shape index (κ1) is 33.8. The first-order valence-electron chi connectivity index (χ1n) is 14.3. The molecule has 1 fully saturated rings. The van der Waals surface area contributed by atoms with E-state index in [1.54, 1.807) is 35.2 Å². The molecule has 2 amide bonds. The molecule has 1 atom stereocenters. The number of nitrogens with zero attached hydrogens (tertiary/aromatic N) is 2. The molecule has 1 heterocycles. The number of aldehydes is 1. The Hall–Kier alpha value is -3.73. The number of amides is 2. The van der Waals surface area contributed by atoms with Crippen molar-refractivity contribution in [3.8, 4) is 5.75 Å². The smallest absolute Gasteiger partial charge is 0.406 e. The lowest BCUT2D eigenvalue weighted by atomic mass is 9.69. The molecule has 0 saturated heterocycles. The molecule has 4 rings (SSSR count). The second-order valence-electron chi connectivity index (χ2n) is 11.8. The number of aliphatic hydroxyl groups excluding tert-OH is 1. The largest absolute Gasteiger partial charge is 0.573 e. The van der Waals surface area contributed by atoms with E-state index in [-0.39, 0.29) is 41.5 Å². The molecule has 2 aromatic carbocycles. The number of carbonyl (C=O) groups is 3. The van der Waals surface area contributed by atoms with E-state index in [1.807, 2.05) is 6.92 Å². The van der Waals surface area contributed by atoms with Crippen LogP contribution in [0.5, 0.6) is 5.75 Å². The average Bonchev–Trinajstić information content (AvgIpc) is 3.23. The lowest BCUT2D eigenvalue weighted by molar-refractivity contribution is -0.274. The van der Waals surface area contributed by atoms with Gasteiger partial charge in [-0.2, -0.15) is 0 Å². The van der Waals surface area contributed by atoms with Crippen LogP contribution in [0.2, 0.25) is 0 Å². The van der Waals surface area contributed by atoms with Gasteiger partial charge in [0.15, 0.2) is 0 Å². The number of hydrogen-bond acceptors (Lipinski definition) is 6. The second kappa shape index (κ2) is 13.7. The number of hydrogen-bond donors (Lipinski definition) is 2. The fourth-order valence-electron chi connectivity index (χ4n) is 5.89. The number of halogens is 3. The van der Waals surface area contributed by atoms with Gasteiger partial charge in [-0.05, 0) is 73.8 Å². The summed E-state index contributed by atoms with van der Waals surface area (Å²) in [5.74, 6) is -0.622. The number of carbonyl (C=O) groups excluding carboxylic acids is 3. The zero-order chi connectivity index (χ0) is 32.0. The van der Waals surface area contributed by atoms with Gasteiger partial charge in [-0.25, -0.2) is 0 Å². The zero-order valence-corrected chi connectivity index (χ0v) is 25.2. The summed E-state index contributed by atoms with van der Waals surface area (Å²) in [7, 11) is 1.00. The van der Waals surface area contributed by atoms with Crippen LogP contribution in [0.15, 0.2) is 53.5 Å². The van der Waals surface area contributed by atoms with E-state index < -0.39 is 23.8 Å². The Morgan fingerprint density at radius 3 is 2.33 bits per heavy atom. The average molecular weight is 604 g/mol. The quantitative estimate of drug-likeness (QED) is 0.291. The van der Waals surface area contributed by atoms with E-state index in [9.17, 15) is 27.6 Å². The molecule has 1 aliphatic heterocycles. The van der Waals surface area contributed by atoms with Crippen LogP contribution in [0.1, 0.15) is 87.3 Å². The van der Waals surface area contributed by atoms with Gasteiger partial charge in [-0.15, -0.1) is 13.2 Å². The lowest BCUT2D eigenvalue weighted by Gasteiger charge is -2.46. The molecule has 0 bridgehead atoms. The topological polar surface area (TPSA) is 108 Å². The highest BCUT2D eigenvalue weighted by Crippen LogP contribution is 2.49. The number of aliphatic imine (C=N–C) groups is 1. The molecule has 2 N–H and O–H groups in total. The van der Waals surface area contributed by atoms with Gasteiger partial charge in [-0.1, -0.05) is 45.0 Å². The lowest BCUT2D eigenvalue weighted by Crippen LogP contribution is -2.50. The number of ether oxygens (including phenoxy) is 1. The highest BCUT2D eigenvalue weighted by atomic mass is 19.4. The first-order valence-corrected chi connectivity index (χ1v) is 14.3. The summed E-state index contributed by atoms with van der Waals surface area (Å²) in [5.41, 5.74) is 0.873. The van der Waals surface area contributed by atoms with Crippen molar-refractivity contribution in [2.24, 2.45) is 16.3 Å². The van der Waals surface area contributed by atoms with Gasteiger partial charge in [0.05, 0.1) is 6.04 Å².